The molecule has 2 N–H and O–H groups in total. The molecule has 1 saturated carbocycles. The molecule has 1 aliphatic carbocycles. The minimum Gasteiger partial charge on any atom is -0.452 e. The first kappa shape index (κ1) is 22.6. The summed E-state index contributed by atoms with van der Waals surface area (Å²) in [5.41, 5.74) is 4.11. The molecule has 1 spiro atoms. The Morgan fingerprint density at radius 2 is 1.82 bits per heavy atom. The Morgan fingerprint density at radius 1 is 1.15 bits per heavy atom. The highest BCUT2D eigenvalue weighted by Crippen LogP contribution is 2.35. The number of nitrogens with zero attached hydrogens (tertiary/aromatic N) is 2. The molecule has 2 heterocycles. The molecule has 2 aromatic rings. The SMILES string of the molecule is Cc1cc(C(=O)OCC(=O)NN2C(=O)NC3(CCC(C)CC3)C2=O)c(C)n1-c1ccccc1. The highest BCUT2D eigenvalue weighted by Gasteiger charge is 2.52. The molecule has 9 nitrogen and oxygen atoms in total. The van der Waals surface area contributed by atoms with Crippen LogP contribution in [0.15, 0.2) is 36.4 Å². The minimum atomic E-state index is -0.956. The second-order valence-electron chi connectivity index (χ2n) is 8.90. The number of benzene rings is 1. The number of para-hydroxylation sites is 1. The Labute approximate surface area is 192 Å². The number of rotatable bonds is 5. The van der Waals surface area contributed by atoms with Crippen molar-refractivity contribution in [2.75, 3.05) is 6.61 Å². The number of aromatic nitrogens is 1. The van der Waals surface area contributed by atoms with Crippen LogP contribution in [0.2, 0.25) is 0 Å². The number of ether oxygens (including phenoxy) is 1. The van der Waals surface area contributed by atoms with Crippen molar-refractivity contribution in [2.24, 2.45) is 5.92 Å². The number of amides is 4. The van der Waals surface area contributed by atoms with E-state index in [2.05, 4.69) is 17.7 Å². The smallest absolute Gasteiger partial charge is 0.344 e. The molecule has 1 aliphatic heterocycles. The van der Waals surface area contributed by atoms with Crippen molar-refractivity contribution in [1.29, 1.82) is 0 Å². The van der Waals surface area contributed by atoms with Crippen molar-refractivity contribution in [3.63, 3.8) is 0 Å². The van der Waals surface area contributed by atoms with Gasteiger partial charge >= 0.3 is 12.0 Å². The molecule has 9 heteroatoms. The fourth-order valence-corrected chi connectivity index (χ4v) is 4.63. The molecule has 1 saturated heterocycles. The average molecular weight is 453 g/mol. The maximum Gasteiger partial charge on any atom is 0.344 e. The summed E-state index contributed by atoms with van der Waals surface area (Å²) in [6.45, 7) is 5.17. The van der Waals surface area contributed by atoms with E-state index in [0.717, 1.165) is 24.2 Å². The number of imide groups is 1. The number of esters is 1. The molecule has 1 aromatic heterocycles. The van der Waals surface area contributed by atoms with Crippen molar-refractivity contribution < 1.29 is 23.9 Å². The zero-order valence-corrected chi connectivity index (χ0v) is 19.0. The summed E-state index contributed by atoms with van der Waals surface area (Å²) in [7, 11) is 0. The van der Waals surface area contributed by atoms with E-state index in [9.17, 15) is 19.2 Å². The molecule has 0 radical (unpaired) electrons. The largest absolute Gasteiger partial charge is 0.452 e. The zero-order chi connectivity index (χ0) is 23.8. The van der Waals surface area contributed by atoms with E-state index < -0.39 is 36.0 Å². The molecule has 4 rings (SSSR count). The molecule has 2 fully saturated rings. The van der Waals surface area contributed by atoms with E-state index in [1.807, 2.05) is 41.8 Å². The van der Waals surface area contributed by atoms with Crippen LogP contribution in [0, 0.1) is 19.8 Å². The third-order valence-electron chi connectivity index (χ3n) is 6.53. The Morgan fingerprint density at radius 3 is 2.48 bits per heavy atom. The van der Waals surface area contributed by atoms with E-state index in [0.29, 0.717) is 35.0 Å². The molecule has 33 heavy (non-hydrogen) atoms. The van der Waals surface area contributed by atoms with E-state index >= 15 is 0 Å². The number of nitrogens with one attached hydrogen (secondary N) is 2. The number of hydrazine groups is 1. The molecule has 1 aromatic carbocycles. The van der Waals surface area contributed by atoms with Crippen LogP contribution in [0.1, 0.15) is 54.4 Å². The predicted molar refractivity (Wildman–Crippen MR) is 119 cm³/mol. The number of hydrogen-bond donors (Lipinski definition) is 2. The zero-order valence-electron chi connectivity index (χ0n) is 19.0. The number of aryl methyl sites for hydroxylation is 1. The molecule has 2 aliphatic rings. The monoisotopic (exact) mass is 452 g/mol. The lowest BCUT2D eigenvalue weighted by atomic mass is 9.77. The first-order valence-corrected chi connectivity index (χ1v) is 11.1. The number of hydrogen-bond acceptors (Lipinski definition) is 5. The molecular weight excluding hydrogens is 424 g/mol. The summed E-state index contributed by atoms with van der Waals surface area (Å²) < 4.78 is 7.10. The van der Waals surface area contributed by atoms with E-state index in [1.54, 1.807) is 13.0 Å². The van der Waals surface area contributed by atoms with Gasteiger partial charge in [0.15, 0.2) is 6.61 Å². The molecule has 0 atom stereocenters. The molecule has 4 amide bonds. The predicted octanol–water partition coefficient (Wildman–Crippen LogP) is 2.78. The van der Waals surface area contributed by atoms with E-state index in [1.165, 1.54) is 0 Å². The number of carbonyl (C=O) groups is 4. The summed E-state index contributed by atoms with van der Waals surface area (Å²) in [6.07, 6.45) is 2.73. The van der Waals surface area contributed by atoms with Crippen LogP contribution in [0.25, 0.3) is 5.69 Å². The van der Waals surface area contributed by atoms with Crippen molar-refractivity contribution in [3.8, 4) is 5.69 Å². The molecule has 0 bridgehead atoms. The van der Waals surface area contributed by atoms with Crippen LogP contribution in [0.4, 0.5) is 4.79 Å². The van der Waals surface area contributed by atoms with Gasteiger partial charge < -0.3 is 14.6 Å². The topological polar surface area (TPSA) is 110 Å². The molecule has 0 unspecified atom stereocenters. The Kier molecular flexibility index (Phi) is 5.97. The number of urea groups is 1. The average Bonchev–Trinajstić information content (AvgIpc) is 3.22. The van der Waals surface area contributed by atoms with Crippen LogP contribution in [-0.2, 0) is 14.3 Å². The van der Waals surface area contributed by atoms with Crippen molar-refractivity contribution in [1.82, 2.24) is 20.3 Å². The fourth-order valence-electron chi connectivity index (χ4n) is 4.63. The fraction of sp³-hybridized carbons (Fsp3) is 0.417. The first-order valence-electron chi connectivity index (χ1n) is 11.1. The van der Waals surface area contributed by atoms with Gasteiger partial charge in [0, 0.05) is 17.1 Å². The maximum atomic E-state index is 12.8. The van der Waals surface area contributed by atoms with Crippen LogP contribution >= 0.6 is 0 Å². The normalized spacial score (nSPS) is 22.4. The second kappa shape index (κ2) is 8.73. The highest BCUT2D eigenvalue weighted by atomic mass is 16.5. The standard InChI is InChI=1S/C24H28N4O5/c1-15-9-11-24(12-10-15)22(31)28(23(32)25-24)26-20(29)14-33-21(30)19-13-16(2)27(17(19)3)18-7-5-4-6-8-18/h4-8,13,15H,9-12,14H2,1-3H3,(H,25,32)(H,26,29). The number of carbonyl (C=O) groups excluding carboxylic acids is 4. The third kappa shape index (κ3) is 4.22. The van der Waals surface area contributed by atoms with Gasteiger partial charge in [0.1, 0.15) is 5.54 Å². The molecule has 174 valence electrons. The van der Waals surface area contributed by atoms with Crippen LogP contribution in [0.5, 0.6) is 0 Å². The summed E-state index contributed by atoms with van der Waals surface area (Å²) in [6, 6.07) is 10.6. The van der Waals surface area contributed by atoms with Crippen LogP contribution < -0.4 is 10.7 Å². The lowest BCUT2D eigenvalue weighted by Gasteiger charge is -2.33. The lowest BCUT2D eigenvalue weighted by Crippen LogP contribution is -2.52. The third-order valence-corrected chi connectivity index (χ3v) is 6.53. The Hall–Kier alpha value is -3.62. The van der Waals surface area contributed by atoms with Crippen LogP contribution in [-0.4, -0.2) is 45.5 Å². The Balaban J connectivity index is 1.37. The summed E-state index contributed by atoms with van der Waals surface area (Å²) >= 11 is 0. The van der Waals surface area contributed by atoms with Gasteiger partial charge in [-0.2, -0.15) is 5.01 Å². The quantitative estimate of drug-likeness (QED) is 0.536. The van der Waals surface area contributed by atoms with Gasteiger partial charge in [0.2, 0.25) is 0 Å². The van der Waals surface area contributed by atoms with Crippen molar-refractivity contribution in [2.45, 2.75) is 52.0 Å². The summed E-state index contributed by atoms with van der Waals surface area (Å²) in [4.78, 5) is 50.1. The first-order chi connectivity index (χ1) is 15.7. The summed E-state index contributed by atoms with van der Waals surface area (Å²) in [5, 5.41) is 3.43. The van der Waals surface area contributed by atoms with Gasteiger partial charge in [-0.15, -0.1) is 0 Å². The van der Waals surface area contributed by atoms with Crippen molar-refractivity contribution in [3.05, 3.63) is 53.3 Å². The van der Waals surface area contributed by atoms with E-state index in [4.69, 9.17) is 4.74 Å². The van der Waals surface area contributed by atoms with Gasteiger partial charge in [-0.05, 0) is 63.6 Å². The van der Waals surface area contributed by atoms with Gasteiger partial charge in [-0.25, -0.2) is 9.59 Å². The van der Waals surface area contributed by atoms with Crippen LogP contribution in [0.3, 0.4) is 0 Å². The van der Waals surface area contributed by atoms with Gasteiger partial charge in [0.05, 0.1) is 5.56 Å². The van der Waals surface area contributed by atoms with Crippen molar-refractivity contribution >= 4 is 23.8 Å². The summed E-state index contributed by atoms with van der Waals surface area (Å²) in [5.74, 6) is -1.39. The maximum absolute atomic E-state index is 12.8. The molecular formula is C24H28N4O5. The van der Waals surface area contributed by atoms with Gasteiger partial charge in [0.25, 0.3) is 11.8 Å². The van der Waals surface area contributed by atoms with Gasteiger partial charge in [-0.1, -0.05) is 25.1 Å². The second-order valence-corrected chi connectivity index (χ2v) is 8.90. The highest BCUT2D eigenvalue weighted by molar-refractivity contribution is 6.08. The Bertz CT molecular complexity index is 1100. The minimum absolute atomic E-state index is 0.342. The van der Waals surface area contributed by atoms with E-state index in [-0.39, 0.29) is 0 Å². The van der Waals surface area contributed by atoms with Gasteiger partial charge in [-0.3, -0.25) is 15.0 Å². The lowest BCUT2D eigenvalue weighted by molar-refractivity contribution is -0.141.